The first-order chi connectivity index (χ1) is 5.52. The molecule has 1 heterocycles. The zero-order valence-electron chi connectivity index (χ0n) is 7.74. The Morgan fingerprint density at radius 2 is 1.83 bits per heavy atom. The molecular weight excluding hydrogens is 160 g/mol. The van der Waals surface area contributed by atoms with Gasteiger partial charge in [-0.3, -0.25) is 0 Å². The monoisotopic (exact) mass is 177 g/mol. The lowest BCUT2D eigenvalue weighted by Crippen LogP contribution is -2.36. The van der Waals surface area contributed by atoms with Gasteiger partial charge in [0.2, 0.25) is 5.92 Å². The van der Waals surface area contributed by atoms with Gasteiger partial charge in [-0.1, -0.05) is 6.92 Å². The molecule has 0 aromatic carbocycles. The largest absolute Gasteiger partial charge is 0.317 e. The fourth-order valence-electron chi connectivity index (χ4n) is 1.76. The number of alkyl halides is 2. The summed E-state index contributed by atoms with van der Waals surface area (Å²) in [4.78, 5) is 0. The minimum atomic E-state index is -2.51. The van der Waals surface area contributed by atoms with Gasteiger partial charge in [-0.15, -0.1) is 0 Å². The van der Waals surface area contributed by atoms with Crippen molar-refractivity contribution >= 4 is 0 Å². The molecule has 12 heavy (non-hydrogen) atoms. The van der Waals surface area contributed by atoms with Gasteiger partial charge in [0, 0.05) is 5.92 Å². The minimum absolute atomic E-state index is 0.200. The highest BCUT2D eigenvalue weighted by atomic mass is 19.3. The second-order valence-electron chi connectivity index (χ2n) is 3.83. The molecule has 1 atom stereocenters. The summed E-state index contributed by atoms with van der Waals surface area (Å²) >= 11 is 0. The summed E-state index contributed by atoms with van der Waals surface area (Å²) in [5.41, 5.74) is 0. The predicted octanol–water partition coefficient (Wildman–Crippen LogP) is 2.28. The van der Waals surface area contributed by atoms with Crippen molar-refractivity contribution in [3.05, 3.63) is 0 Å². The van der Waals surface area contributed by atoms with E-state index >= 15 is 0 Å². The molecule has 1 nitrogen and oxygen atoms in total. The zero-order valence-corrected chi connectivity index (χ0v) is 7.74. The molecule has 0 bridgehead atoms. The third-order valence-corrected chi connectivity index (χ3v) is 2.89. The van der Waals surface area contributed by atoms with Crippen LogP contribution in [-0.2, 0) is 0 Å². The molecule has 72 valence electrons. The molecule has 0 radical (unpaired) electrons. The van der Waals surface area contributed by atoms with E-state index in [1.807, 2.05) is 0 Å². The Balaban J connectivity index is 2.45. The van der Waals surface area contributed by atoms with Crippen molar-refractivity contribution in [2.45, 2.75) is 32.6 Å². The average Bonchev–Trinajstić information content (AvgIpc) is 2.03. The Hall–Kier alpha value is -0.180. The molecule has 0 aliphatic carbocycles. The third kappa shape index (κ3) is 2.41. The molecule has 1 N–H and O–H groups in total. The second-order valence-corrected chi connectivity index (χ2v) is 3.83. The normalized spacial score (nSPS) is 24.0. The summed E-state index contributed by atoms with van der Waals surface area (Å²) in [5.74, 6) is -2.78. The molecule has 0 saturated carbocycles. The van der Waals surface area contributed by atoms with Crippen LogP contribution in [0.25, 0.3) is 0 Å². The van der Waals surface area contributed by atoms with E-state index < -0.39 is 11.8 Å². The summed E-state index contributed by atoms with van der Waals surface area (Å²) in [7, 11) is 0. The smallest absolute Gasteiger partial charge is 0.248 e. The van der Waals surface area contributed by atoms with Crippen LogP contribution >= 0.6 is 0 Å². The van der Waals surface area contributed by atoms with Gasteiger partial charge in [-0.05, 0) is 38.8 Å². The third-order valence-electron chi connectivity index (χ3n) is 2.89. The van der Waals surface area contributed by atoms with E-state index in [9.17, 15) is 8.78 Å². The van der Waals surface area contributed by atoms with E-state index in [4.69, 9.17) is 0 Å². The highest BCUT2D eigenvalue weighted by molar-refractivity contribution is 4.79. The number of hydrogen-bond donors (Lipinski definition) is 1. The van der Waals surface area contributed by atoms with E-state index in [1.165, 1.54) is 0 Å². The second kappa shape index (κ2) is 3.69. The lowest BCUT2D eigenvalue weighted by Gasteiger charge is -2.31. The first-order valence-electron chi connectivity index (χ1n) is 4.60. The van der Waals surface area contributed by atoms with Crippen molar-refractivity contribution in [1.29, 1.82) is 0 Å². The van der Waals surface area contributed by atoms with Crippen molar-refractivity contribution in [1.82, 2.24) is 5.32 Å². The number of nitrogens with one attached hydrogen (secondary N) is 1. The Labute approximate surface area is 72.5 Å². The van der Waals surface area contributed by atoms with Gasteiger partial charge in [0.15, 0.2) is 0 Å². The molecule has 1 unspecified atom stereocenters. The van der Waals surface area contributed by atoms with Crippen LogP contribution in [0.1, 0.15) is 26.7 Å². The summed E-state index contributed by atoms with van der Waals surface area (Å²) in [5, 5.41) is 3.18. The molecular formula is C9H17F2N. The molecule has 0 spiro atoms. The SMILES string of the molecule is CC(C1CCNCC1)C(C)(F)F. The van der Waals surface area contributed by atoms with Crippen LogP contribution in [0.5, 0.6) is 0 Å². The van der Waals surface area contributed by atoms with E-state index in [0.29, 0.717) is 0 Å². The van der Waals surface area contributed by atoms with Gasteiger partial charge in [0.1, 0.15) is 0 Å². The van der Waals surface area contributed by atoms with Crippen LogP contribution in [0, 0.1) is 11.8 Å². The van der Waals surface area contributed by atoms with Crippen LogP contribution in [0.4, 0.5) is 8.78 Å². The van der Waals surface area contributed by atoms with Crippen molar-refractivity contribution in [3.63, 3.8) is 0 Å². The van der Waals surface area contributed by atoms with Gasteiger partial charge in [-0.25, -0.2) is 8.78 Å². The Morgan fingerprint density at radius 3 is 2.25 bits per heavy atom. The number of halogens is 2. The van der Waals surface area contributed by atoms with Gasteiger partial charge < -0.3 is 5.32 Å². The number of hydrogen-bond acceptors (Lipinski definition) is 1. The first-order valence-corrected chi connectivity index (χ1v) is 4.60. The maximum Gasteiger partial charge on any atom is 0.248 e. The number of piperidine rings is 1. The minimum Gasteiger partial charge on any atom is -0.317 e. The van der Waals surface area contributed by atoms with Crippen molar-refractivity contribution in [2.24, 2.45) is 11.8 Å². The maximum atomic E-state index is 12.9. The van der Waals surface area contributed by atoms with E-state index in [1.54, 1.807) is 6.92 Å². The molecule has 1 fully saturated rings. The molecule has 1 saturated heterocycles. The molecule has 0 amide bonds. The Morgan fingerprint density at radius 1 is 1.33 bits per heavy atom. The highest BCUT2D eigenvalue weighted by Gasteiger charge is 2.36. The lowest BCUT2D eigenvalue weighted by atomic mass is 9.83. The first kappa shape index (κ1) is 9.90. The van der Waals surface area contributed by atoms with Crippen molar-refractivity contribution in [2.75, 3.05) is 13.1 Å². The van der Waals surface area contributed by atoms with Gasteiger partial charge >= 0.3 is 0 Å². The quantitative estimate of drug-likeness (QED) is 0.682. The summed E-state index contributed by atoms with van der Waals surface area (Å²) < 4.78 is 25.8. The summed E-state index contributed by atoms with van der Waals surface area (Å²) in [6, 6.07) is 0. The Kier molecular flexibility index (Phi) is 3.04. The fourth-order valence-corrected chi connectivity index (χ4v) is 1.76. The van der Waals surface area contributed by atoms with Gasteiger partial charge in [0.05, 0.1) is 0 Å². The van der Waals surface area contributed by atoms with E-state index in [-0.39, 0.29) is 5.92 Å². The molecule has 1 aliphatic rings. The molecule has 0 aromatic rings. The average molecular weight is 177 g/mol. The van der Waals surface area contributed by atoms with E-state index in [0.717, 1.165) is 32.9 Å². The zero-order chi connectivity index (χ0) is 9.19. The molecule has 1 aliphatic heterocycles. The molecule has 1 rings (SSSR count). The maximum absolute atomic E-state index is 12.9. The van der Waals surface area contributed by atoms with Crippen LogP contribution < -0.4 is 5.32 Å². The van der Waals surface area contributed by atoms with Crippen LogP contribution in [0.2, 0.25) is 0 Å². The topological polar surface area (TPSA) is 12.0 Å². The standard InChI is InChI=1S/C9H17F2N/c1-7(9(2,10)11)8-3-5-12-6-4-8/h7-8,12H,3-6H2,1-2H3. The Bertz CT molecular complexity index is 136. The van der Waals surface area contributed by atoms with Gasteiger partial charge in [0.25, 0.3) is 0 Å². The summed E-state index contributed by atoms with van der Waals surface area (Å²) in [6.07, 6.45) is 1.79. The van der Waals surface area contributed by atoms with Crippen LogP contribution in [0.15, 0.2) is 0 Å². The van der Waals surface area contributed by atoms with Crippen LogP contribution in [0.3, 0.4) is 0 Å². The molecule has 0 aromatic heterocycles. The molecule has 3 heteroatoms. The predicted molar refractivity (Wildman–Crippen MR) is 45.4 cm³/mol. The van der Waals surface area contributed by atoms with E-state index in [2.05, 4.69) is 5.32 Å². The lowest BCUT2D eigenvalue weighted by molar-refractivity contribution is -0.0598. The van der Waals surface area contributed by atoms with Crippen molar-refractivity contribution in [3.8, 4) is 0 Å². The fraction of sp³-hybridized carbons (Fsp3) is 1.00. The van der Waals surface area contributed by atoms with Crippen molar-refractivity contribution < 1.29 is 8.78 Å². The van der Waals surface area contributed by atoms with Gasteiger partial charge in [-0.2, -0.15) is 0 Å². The summed E-state index contributed by atoms with van der Waals surface area (Å²) in [6.45, 7) is 4.48. The highest BCUT2D eigenvalue weighted by Crippen LogP contribution is 2.33. The number of rotatable bonds is 2. The van der Waals surface area contributed by atoms with Crippen LogP contribution in [-0.4, -0.2) is 19.0 Å².